The Morgan fingerprint density at radius 1 is 0.962 bits per heavy atom. The first-order valence-electron chi connectivity index (χ1n) is 8.48. The first-order chi connectivity index (χ1) is 12.6. The number of ether oxygens (including phenoxy) is 1. The second-order valence-electron chi connectivity index (χ2n) is 6.05. The van der Waals surface area contributed by atoms with Crippen LogP contribution in [0.1, 0.15) is 23.6 Å². The van der Waals surface area contributed by atoms with E-state index in [2.05, 4.69) is 0 Å². The van der Waals surface area contributed by atoms with E-state index >= 15 is 0 Å². The summed E-state index contributed by atoms with van der Waals surface area (Å²) in [4.78, 5) is 12.1. The highest BCUT2D eigenvalue weighted by molar-refractivity contribution is 6.24. The molecule has 0 saturated carbocycles. The summed E-state index contributed by atoms with van der Waals surface area (Å²) in [7, 11) is 0. The number of rotatable bonds is 6. The molecule has 2 N–H and O–H groups in total. The third-order valence-corrected chi connectivity index (χ3v) is 4.05. The van der Waals surface area contributed by atoms with Gasteiger partial charge in [-0.3, -0.25) is 4.79 Å². The zero-order valence-corrected chi connectivity index (χ0v) is 14.7. The number of benzene rings is 3. The number of carbonyl (C=O) groups is 1. The largest absolute Gasteiger partial charge is 0.487 e. The molecule has 0 heterocycles. The van der Waals surface area contributed by atoms with E-state index in [9.17, 15) is 4.79 Å². The van der Waals surface area contributed by atoms with Crippen LogP contribution in [0.4, 0.5) is 5.69 Å². The van der Waals surface area contributed by atoms with Crippen LogP contribution in [0.15, 0.2) is 78.9 Å². The van der Waals surface area contributed by atoms with E-state index < -0.39 is 0 Å². The lowest BCUT2D eigenvalue weighted by atomic mass is 9.99. The summed E-state index contributed by atoms with van der Waals surface area (Å²) in [5.41, 5.74) is 10.1. The summed E-state index contributed by atoms with van der Waals surface area (Å²) in [6.45, 7) is 2.01. The van der Waals surface area contributed by atoms with Crippen molar-refractivity contribution in [2.75, 3.05) is 5.73 Å². The van der Waals surface area contributed by atoms with Gasteiger partial charge in [0.25, 0.3) is 0 Å². The molecule has 0 unspecified atom stereocenters. The molecule has 0 aliphatic heterocycles. The van der Waals surface area contributed by atoms with Gasteiger partial charge in [0.05, 0.1) is 5.69 Å². The molecule has 0 bridgehead atoms. The third kappa shape index (κ3) is 4.39. The molecule has 0 radical (unpaired) electrons. The molecule has 3 aromatic rings. The first-order valence-corrected chi connectivity index (χ1v) is 8.48. The summed E-state index contributed by atoms with van der Waals surface area (Å²) in [6, 6.07) is 25.1. The molecule has 0 aliphatic carbocycles. The van der Waals surface area contributed by atoms with Crippen LogP contribution in [0.3, 0.4) is 0 Å². The van der Waals surface area contributed by atoms with Crippen LogP contribution in [0.25, 0.3) is 11.6 Å². The van der Waals surface area contributed by atoms with Gasteiger partial charge < -0.3 is 10.5 Å². The highest BCUT2D eigenvalue weighted by Crippen LogP contribution is 2.27. The second-order valence-corrected chi connectivity index (χ2v) is 6.05. The highest BCUT2D eigenvalue weighted by atomic mass is 16.5. The summed E-state index contributed by atoms with van der Waals surface area (Å²) in [6.07, 6.45) is 1.87. The maximum absolute atomic E-state index is 12.1. The maximum atomic E-state index is 12.1. The number of carbonyl (C=O) groups excluding carboxylic acids is 1. The van der Waals surface area contributed by atoms with Crippen molar-refractivity contribution in [2.45, 2.75) is 13.5 Å². The van der Waals surface area contributed by atoms with Crippen LogP contribution in [-0.4, -0.2) is 5.78 Å². The standard InChI is InChI=1S/C23H21NO2/c1-17(25)21(20-10-6-3-7-11-20)14-19-12-13-22(24)23(15-19)26-16-18-8-4-2-5-9-18/h2-15H,16,24H2,1H3. The Balaban J connectivity index is 1.87. The van der Waals surface area contributed by atoms with E-state index in [0.717, 1.165) is 16.7 Å². The molecule has 130 valence electrons. The van der Waals surface area contributed by atoms with Crippen LogP contribution >= 0.6 is 0 Å². The zero-order valence-electron chi connectivity index (χ0n) is 14.7. The molecule has 26 heavy (non-hydrogen) atoms. The normalized spacial score (nSPS) is 11.2. The van der Waals surface area contributed by atoms with Gasteiger partial charge in [-0.25, -0.2) is 0 Å². The lowest BCUT2D eigenvalue weighted by molar-refractivity contribution is -0.111. The Kier molecular flexibility index (Phi) is 5.49. The van der Waals surface area contributed by atoms with Gasteiger partial charge in [-0.1, -0.05) is 66.7 Å². The quantitative estimate of drug-likeness (QED) is 0.390. The Hall–Kier alpha value is -3.33. The average Bonchev–Trinajstić information content (AvgIpc) is 2.67. The van der Waals surface area contributed by atoms with Gasteiger partial charge in [0.2, 0.25) is 0 Å². The molecule has 0 aliphatic rings. The minimum atomic E-state index is 0.0137. The summed E-state index contributed by atoms with van der Waals surface area (Å²) in [5.74, 6) is 0.623. The number of nitrogens with two attached hydrogens (primary N) is 1. The lowest BCUT2D eigenvalue weighted by Gasteiger charge is -2.11. The zero-order chi connectivity index (χ0) is 18.4. The topological polar surface area (TPSA) is 52.3 Å². The number of hydrogen-bond acceptors (Lipinski definition) is 3. The number of anilines is 1. The van der Waals surface area contributed by atoms with E-state index in [1.54, 1.807) is 13.0 Å². The fraction of sp³-hybridized carbons (Fsp3) is 0.0870. The minimum absolute atomic E-state index is 0.0137. The summed E-state index contributed by atoms with van der Waals surface area (Å²) >= 11 is 0. The van der Waals surface area contributed by atoms with E-state index in [4.69, 9.17) is 10.5 Å². The van der Waals surface area contributed by atoms with Crippen molar-refractivity contribution in [2.24, 2.45) is 0 Å². The summed E-state index contributed by atoms with van der Waals surface area (Å²) < 4.78 is 5.87. The van der Waals surface area contributed by atoms with Crippen molar-refractivity contribution in [1.82, 2.24) is 0 Å². The molecule has 3 nitrogen and oxygen atoms in total. The third-order valence-electron chi connectivity index (χ3n) is 4.05. The van der Waals surface area contributed by atoms with Crippen LogP contribution in [0.2, 0.25) is 0 Å². The fourth-order valence-electron chi connectivity index (χ4n) is 2.67. The molecule has 0 saturated heterocycles. The molecular formula is C23H21NO2. The monoisotopic (exact) mass is 343 g/mol. The predicted octanol–water partition coefficient (Wildman–Crippen LogP) is 4.98. The van der Waals surface area contributed by atoms with Crippen molar-refractivity contribution in [3.63, 3.8) is 0 Å². The Morgan fingerprint density at radius 2 is 1.62 bits per heavy atom. The van der Waals surface area contributed by atoms with Crippen LogP contribution in [-0.2, 0) is 11.4 Å². The number of ketones is 1. The van der Waals surface area contributed by atoms with E-state index in [1.165, 1.54) is 0 Å². The maximum Gasteiger partial charge on any atom is 0.160 e. The molecule has 3 heteroatoms. The Labute approximate surface area is 153 Å². The van der Waals surface area contributed by atoms with Gasteiger partial charge in [0.15, 0.2) is 5.78 Å². The molecule has 0 aromatic heterocycles. The van der Waals surface area contributed by atoms with Gasteiger partial charge in [0, 0.05) is 5.57 Å². The van der Waals surface area contributed by atoms with Crippen molar-refractivity contribution in [1.29, 1.82) is 0 Å². The fourth-order valence-corrected chi connectivity index (χ4v) is 2.67. The second kappa shape index (κ2) is 8.17. The molecule has 0 fully saturated rings. The first kappa shape index (κ1) is 17.5. The molecule has 0 spiro atoms. The van der Waals surface area contributed by atoms with Gasteiger partial charge in [-0.2, -0.15) is 0 Å². The number of nitrogen functional groups attached to an aromatic ring is 1. The van der Waals surface area contributed by atoms with Crippen molar-refractivity contribution in [3.8, 4) is 5.75 Å². The van der Waals surface area contributed by atoms with Crippen molar-refractivity contribution in [3.05, 3.63) is 95.6 Å². The number of Topliss-reactive ketones (excluding diaryl/α,β-unsaturated/α-hetero) is 1. The van der Waals surface area contributed by atoms with Crippen LogP contribution in [0, 0.1) is 0 Å². The Morgan fingerprint density at radius 3 is 2.27 bits per heavy atom. The van der Waals surface area contributed by atoms with E-state index in [0.29, 0.717) is 23.6 Å². The SMILES string of the molecule is CC(=O)C(=Cc1ccc(N)c(OCc2ccccc2)c1)c1ccccc1. The molecular weight excluding hydrogens is 322 g/mol. The van der Waals surface area contributed by atoms with Crippen LogP contribution in [0.5, 0.6) is 5.75 Å². The van der Waals surface area contributed by atoms with Crippen LogP contribution < -0.4 is 10.5 Å². The van der Waals surface area contributed by atoms with Crippen molar-refractivity contribution < 1.29 is 9.53 Å². The average molecular weight is 343 g/mol. The highest BCUT2D eigenvalue weighted by Gasteiger charge is 2.08. The van der Waals surface area contributed by atoms with E-state index in [-0.39, 0.29) is 5.78 Å². The molecule has 0 atom stereocenters. The lowest BCUT2D eigenvalue weighted by Crippen LogP contribution is -1.99. The summed E-state index contributed by atoms with van der Waals surface area (Å²) in [5, 5.41) is 0. The number of hydrogen-bond donors (Lipinski definition) is 1. The molecule has 3 aromatic carbocycles. The molecule has 3 rings (SSSR count). The Bertz CT molecular complexity index is 915. The smallest absolute Gasteiger partial charge is 0.160 e. The van der Waals surface area contributed by atoms with Gasteiger partial charge in [-0.05, 0) is 41.8 Å². The predicted molar refractivity (Wildman–Crippen MR) is 107 cm³/mol. The van der Waals surface area contributed by atoms with Gasteiger partial charge in [-0.15, -0.1) is 0 Å². The minimum Gasteiger partial charge on any atom is -0.487 e. The van der Waals surface area contributed by atoms with Gasteiger partial charge in [0.1, 0.15) is 12.4 Å². The van der Waals surface area contributed by atoms with Crippen molar-refractivity contribution >= 4 is 23.1 Å². The van der Waals surface area contributed by atoms with Gasteiger partial charge >= 0.3 is 0 Å². The van der Waals surface area contributed by atoms with E-state index in [1.807, 2.05) is 78.9 Å². The molecule has 0 amide bonds. The number of allylic oxidation sites excluding steroid dienone is 1.